The highest BCUT2D eigenvalue weighted by atomic mass is 32.1. The molecule has 28 heavy (non-hydrogen) atoms. The van der Waals surface area contributed by atoms with E-state index in [-0.39, 0.29) is 0 Å². The summed E-state index contributed by atoms with van der Waals surface area (Å²) in [6.45, 7) is 8.72. The lowest BCUT2D eigenvalue weighted by Gasteiger charge is -2.23. The fourth-order valence-corrected chi connectivity index (χ4v) is 3.49. The topological polar surface area (TPSA) is 18.8 Å². The number of benzene rings is 1. The second-order valence-corrected chi connectivity index (χ2v) is 7.43. The zero-order valence-electron chi connectivity index (χ0n) is 17.2. The molecule has 3 nitrogen and oxygen atoms in total. The van der Waals surface area contributed by atoms with Gasteiger partial charge in [-0.15, -0.1) is 0 Å². The number of aliphatic imine (C=N–C) groups is 1. The predicted octanol–water partition coefficient (Wildman–Crippen LogP) is 5.13. The molecular weight excluding hydrogens is 362 g/mol. The molecule has 1 aromatic carbocycles. The standard InChI is InChI=1S/C24H35N3S/c1-2-25-16-7-5-3-4-6-11-23-12-14-24(15-13-23)27-19-10-18-26(20-21-27)17-8-9-22-28/h3-7,11-16,28H,2,8-10,17-22H2,1H3/b4-3+,7-5-,11-6+,25-16+. The monoisotopic (exact) mass is 397 g/mol. The number of anilines is 1. The van der Waals surface area contributed by atoms with E-state index in [0.29, 0.717) is 0 Å². The number of hydrogen-bond donors (Lipinski definition) is 1. The lowest BCUT2D eigenvalue weighted by atomic mass is 10.1. The Bertz CT molecular complexity index is 646. The van der Waals surface area contributed by atoms with Crippen LogP contribution in [0.1, 0.15) is 31.7 Å². The fourth-order valence-electron chi connectivity index (χ4n) is 3.27. The SMILES string of the molecule is CC/N=C/C=C\C=C\C=C\c1ccc(N2CCCN(CCCCS)CC2)cc1. The molecule has 0 aliphatic carbocycles. The van der Waals surface area contributed by atoms with E-state index in [4.69, 9.17) is 0 Å². The van der Waals surface area contributed by atoms with E-state index in [2.05, 4.69) is 63.8 Å². The van der Waals surface area contributed by atoms with E-state index in [0.717, 1.165) is 31.9 Å². The highest BCUT2D eigenvalue weighted by Crippen LogP contribution is 2.18. The molecule has 0 radical (unpaired) electrons. The number of nitrogens with zero attached hydrogens (tertiary/aromatic N) is 3. The third-order valence-corrected chi connectivity index (χ3v) is 5.15. The molecule has 1 aromatic rings. The third-order valence-electron chi connectivity index (χ3n) is 4.84. The van der Waals surface area contributed by atoms with Gasteiger partial charge in [0.15, 0.2) is 0 Å². The molecule has 0 amide bonds. The molecule has 0 unspecified atom stereocenters. The maximum absolute atomic E-state index is 4.31. The summed E-state index contributed by atoms with van der Waals surface area (Å²) in [5.41, 5.74) is 2.57. The zero-order valence-corrected chi connectivity index (χ0v) is 18.1. The molecule has 0 aromatic heterocycles. The maximum Gasteiger partial charge on any atom is 0.0367 e. The number of allylic oxidation sites excluding steroid dienone is 5. The Hall–Kier alpha value is -1.78. The second kappa shape index (κ2) is 14.3. The molecule has 0 N–H and O–H groups in total. The van der Waals surface area contributed by atoms with Crippen LogP contribution in [-0.4, -0.2) is 56.1 Å². The van der Waals surface area contributed by atoms with Gasteiger partial charge in [-0.25, -0.2) is 0 Å². The van der Waals surface area contributed by atoms with Crippen LogP contribution in [0.25, 0.3) is 6.08 Å². The average Bonchev–Trinajstić information content (AvgIpc) is 2.96. The van der Waals surface area contributed by atoms with Gasteiger partial charge >= 0.3 is 0 Å². The normalized spacial score (nSPS) is 16.9. The van der Waals surface area contributed by atoms with Gasteiger partial charge in [-0.3, -0.25) is 4.99 Å². The van der Waals surface area contributed by atoms with Crippen molar-refractivity contribution in [3.8, 4) is 0 Å². The summed E-state index contributed by atoms with van der Waals surface area (Å²) in [4.78, 5) is 9.27. The molecule has 1 heterocycles. The minimum atomic E-state index is 0.829. The first kappa shape index (κ1) is 22.5. The van der Waals surface area contributed by atoms with Crippen LogP contribution >= 0.6 is 12.6 Å². The van der Waals surface area contributed by atoms with E-state index in [1.807, 2.05) is 37.4 Å². The molecule has 0 saturated carbocycles. The second-order valence-electron chi connectivity index (χ2n) is 6.98. The van der Waals surface area contributed by atoms with Crippen molar-refractivity contribution in [1.29, 1.82) is 0 Å². The lowest BCUT2D eigenvalue weighted by Crippen LogP contribution is -2.31. The van der Waals surface area contributed by atoms with Crippen LogP contribution in [0, 0.1) is 0 Å². The first-order chi connectivity index (χ1) is 13.8. The van der Waals surface area contributed by atoms with Crippen molar-refractivity contribution < 1.29 is 0 Å². The van der Waals surface area contributed by atoms with Crippen molar-refractivity contribution in [1.82, 2.24) is 4.90 Å². The van der Waals surface area contributed by atoms with Gasteiger partial charge in [0.25, 0.3) is 0 Å². The number of unbranched alkanes of at least 4 members (excludes halogenated alkanes) is 1. The van der Waals surface area contributed by atoms with Gasteiger partial charge in [0, 0.05) is 38.1 Å². The summed E-state index contributed by atoms with van der Waals surface area (Å²) >= 11 is 4.31. The molecule has 0 atom stereocenters. The number of rotatable bonds is 10. The van der Waals surface area contributed by atoms with Gasteiger partial charge in [-0.2, -0.15) is 12.6 Å². The largest absolute Gasteiger partial charge is 0.370 e. The zero-order chi connectivity index (χ0) is 19.9. The van der Waals surface area contributed by atoms with Crippen LogP contribution in [0.5, 0.6) is 0 Å². The first-order valence-corrected chi connectivity index (χ1v) is 11.1. The Morgan fingerprint density at radius 3 is 2.50 bits per heavy atom. The summed E-state index contributed by atoms with van der Waals surface area (Å²) in [5.74, 6) is 1.00. The molecule has 0 spiro atoms. The highest BCUT2D eigenvalue weighted by molar-refractivity contribution is 7.80. The molecule has 1 aliphatic rings. The first-order valence-electron chi connectivity index (χ1n) is 10.5. The predicted molar refractivity (Wildman–Crippen MR) is 129 cm³/mol. The van der Waals surface area contributed by atoms with Crippen molar-refractivity contribution >= 4 is 30.6 Å². The van der Waals surface area contributed by atoms with Crippen molar-refractivity contribution in [3.63, 3.8) is 0 Å². The summed E-state index contributed by atoms with van der Waals surface area (Å²) in [6.07, 6.45) is 17.8. The van der Waals surface area contributed by atoms with E-state index < -0.39 is 0 Å². The molecule has 4 heteroatoms. The van der Waals surface area contributed by atoms with Crippen LogP contribution < -0.4 is 4.90 Å². The van der Waals surface area contributed by atoms with Crippen molar-refractivity contribution in [2.75, 3.05) is 49.9 Å². The Morgan fingerprint density at radius 1 is 0.929 bits per heavy atom. The van der Waals surface area contributed by atoms with Gasteiger partial charge in [-0.05, 0) is 68.8 Å². The lowest BCUT2D eigenvalue weighted by molar-refractivity contribution is 0.289. The van der Waals surface area contributed by atoms with Gasteiger partial charge in [-0.1, -0.05) is 42.5 Å². The summed E-state index contributed by atoms with van der Waals surface area (Å²) in [5, 5.41) is 0. The minimum absolute atomic E-state index is 0.829. The Labute approximate surface area is 176 Å². The van der Waals surface area contributed by atoms with Crippen LogP contribution in [-0.2, 0) is 0 Å². The van der Waals surface area contributed by atoms with Crippen LogP contribution in [0.4, 0.5) is 5.69 Å². The molecule has 1 saturated heterocycles. The highest BCUT2D eigenvalue weighted by Gasteiger charge is 2.14. The van der Waals surface area contributed by atoms with E-state index >= 15 is 0 Å². The Kier molecular flexibility index (Phi) is 11.5. The van der Waals surface area contributed by atoms with Crippen LogP contribution in [0.2, 0.25) is 0 Å². The minimum Gasteiger partial charge on any atom is -0.370 e. The summed E-state index contributed by atoms with van der Waals surface area (Å²) < 4.78 is 0. The maximum atomic E-state index is 4.31. The van der Waals surface area contributed by atoms with E-state index in [1.165, 1.54) is 43.6 Å². The van der Waals surface area contributed by atoms with E-state index in [9.17, 15) is 0 Å². The molecule has 2 rings (SSSR count). The Morgan fingerprint density at radius 2 is 1.71 bits per heavy atom. The van der Waals surface area contributed by atoms with Gasteiger partial charge < -0.3 is 9.80 Å². The fraction of sp³-hybridized carbons (Fsp3) is 0.458. The van der Waals surface area contributed by atoms with Crippen molar-refractivity contribution in [2.24, 2.45) is 4.99 Å². The third kappa shape index (κ3) is 8.94. The van der Waals surface area contributed by atoms with E-state index in [1.54, 1.807) is 0 Å². The van der Waals surface area contributed by atoms with Gasteiger partial charge in [0.05, 0.1) is 0 Å². The smallest absolute Gasteiger partial charge is 0.0367 e. The quantitative estimate of drug-likeness (QED) is 0.256. The van der Waals surface area contributed by atoms with Crippen LogP contribution in [0.3, 0.4) is 0 Å². The molecule has 152 valence electrons. The average molecular weight is 398 g/mol. The van der Waals surface area contributed by atoms with Crippen LogP contribution in [0.15, 0.2) is 59.6 Å². The molecule has 1 aliphatic heterocycles. The van der Waals surface area contributed by atoms with Crippen molar-refractivity contribution in [2.45, 2.75) is 26.2 Å². The number of thiol groups is 1. The molecule has 1 fully saturated rings. The molecule has 0 bridgehead atoms. The summed E-state index contributed by atoms with van der Waals surface area (Å²) in [6, 6.07) is 8.92. The summed E-state index contributed by atoms with van der Waals surface area (Å²) in [7, 11) is 0. The number of hydrogen-bond acceptors (Lipinski definition) is 4. The van der Waals surface area contributed by atoms with Gasteiger partial charge in [0.2, 0.25) is 0 Å². The van der Waals surface area contributed by atoms with Gasteiger partial charge in [0.1, 0.15) is 0 Å². The molecular formula is C24H35N3S. The van der Waals surface area contributed by atoms with Crippen molar-refractivity contribution in [3.05, 3.63) is 60.2 Å². The Balaban J connectivity index is 1.80.